The number of benzene rings is 2. The molecular formula is C27H27FN2O5. The molecule has 1 unspecified atom stereocenters. The fourth-order valence-corrected chi connectivity index (χ4v) is 3.88. The highest BCUT2D eigenvalue weighted by atomic mass is 19.1. The molecule has 4 aromatic rings. The van der Waals surface area contributed by atoms with Gasteiger partial charge < -0.3 is 24.4 Å². The molecule has 4 rings (SSSR count). The summed E-state index contributed by atoms with van der Waals surface area (Å²) in [5.74, 6) is -0.338. The van der Waals surface area contributed by atoms with E-state index in [0.29, 0.717) is 45.7 Å². The molecule has 2 N–H and O–H groups in total. The molecule has 0 spiro atoms. The second-order valence-corrected chi connectivity index (χ2v) is 8.13. The SMILES string of the molecule is COCC(C)OC(=O)Cc1ccccc1OCc1cc(-c2ccnc(CN)c2)c2occc2c1F. The number of carbonyl (C=O) groups is 1. The van der Waals surface area contributed by atoms with Gasteiger partial charge in [0, 0.05) is 36.5 Å². The lowest BCUT2D eigenvalue weighted by atomic mass is 10.00. The van der Waals surface area contributed by atoms with Gasteiger partial charge >= 0.3 is 5.97 Å². The molecule has 2 heterocycles. The summed E-state index contributed by atoms with van der Waals surface area (Å²) in [6.07, 6.45) is 2.78. The minimum atomic E-state index is -0.420. The Morgan fingerprint density at radius 2 is 2.00 bits per heavy atom. The lowest BCUT2D eigenvalue weighted by molar-refractivity contribution is -0.149. The monoisotopic (exact) mass is 478 g/mol. The second-order valence-electron chi connectivity index (χ2n) is 8.13. The molecule has 2 aromatic carbocycles. The summed E-state index contributed by atoms with van der Waals surface area (Å²) in [6, 6.07) is 14.1. The molecule has 182 valence electrons. The number of halogens is 1. The van der Waals surface area contributed by atoms with E-state index in [2.05, 4.69) is 4.98 Å². The van der Waals surface area contributed by atoms with Crippen molar-refractivity contribution in [1.29, 1.82) is 0 Å². The van der Waals surface area contributed by atoms with Crippen molar-refractivity contribution >= 4 is 16.9 Å². The molecule has 0 bridgehead atoms. The Bertz CT molecular complexity index is 1320. The summed E-state index contributed by atoms with van der Waals surface area (Å²) in [5, 5.41) is 0.358. The molecule has 1 atom stereocenters. The number of hydrogen-bond acceptors (Lipinski definition) is 7. The number of hydrogen-bond donors (Lipinski definition) is 1. The predicted octanol–water partition coefficient (Wildman–Crippen LogP) is 4.79. The van der Waals surface area contributed by atoms with Crippen LogP contribution in [0.25, 0.3) is 22.1 Å². The van der Waals surface area contributed by atoms with Crippen molar-refractivity contribution in [1.82, 2.24) is 4.98 Å². The van der Waals surface area contributed by atoms with Gasteiger partial charge in [-0.1, -0.05) is 18.2 Å². The van der Waals surface area contributed by atoms with Gasteiger partial charge in [0.05, 0.1) is 30.4 Å². The quantitative estimate of drug-likeness (QED) is 0.327. The minimum absolute atomic E-state index is 0.0254. The summed E-state index contributed by atoms with van der Waals surface area (Å²) in [4.78, 5) is 16.6. The van der Waals surface area contributed by atoms with Gasteiger partial charge in [-0.15, -0.1) is 0 Å². The second kappa shape index (κ2) is 11.1. The van der Waals surface area contributed by atoms with Crippen molar-refractivity contribution in [3.05, 3.63) is 83.6 Å². The molecule has 0 saturated carbocycles. The number of rotatable bonds is 10. The molecule has 0 amide bonds. The Labute approximate surface area is 202 Å². The molecule has 7 nitrogen and oxygen atoms in total. The third kappa shape index (κ3) is 5.67. The Hall–Kier alpha value is -3.75. The Kier molecular flexibility index (Phi) is 7.74. The Morgan fingerprint density at radius 1 is 1.17 bits per heavy atom. The van der Waals surface area contributed by atoms with Gasteiger partial charge in [0.25, 0.3) is 0 Å². The number of nitrogens with zero attached hydrogens (tertiary/aromatic N) is 1. The maximum atomic E-state index is 15.3. The molecule has 0 saturated heterocycles. The molecule has 8 heteroatoms. The van der Waals surface area contributed by atoms with Crippen molar-refractivity contribution in [3.8, 4) is 16.9 Å². The first-order chi connectivity index (χ1) is 17.0. The summed E-state index contributed by atoms with van der Waals surface area (Å²) in [5.41, 5.74) is 9.42. The zero-order valence-electron chi connectivity index (χ0n) is 19.6. The van der Waals surface area contributed by atoms with E-state index in [4.69, 9.17) is 24.4 Å². The lowest BCUT2D eigenvalue weighted by Gasteiger charge is -2.15. The average molecular weight is 479 g/mol. The van der Waals surface area contributed by atoms with Crippen LogP contribution in [0.2, 0.25) is 0 Å². The molecule has 0 aliphatic carbocycles. The van der Waals surface area contributed by atoms with Crippen molar-refractivity contribution in [2.24, 2.45) is 5.73 Å². The summed E-state index contributed by atoms with van der Waals surface area (Å²) in [7, 11) is 1.55. The van der Waals surface area contributed by atoms with Gasteiger partial charge in [0.2, 0.25) is 0 Å². The smallest absolute Gasteiger partial charge is 0.310 e. The third-order valence-corrected chi connectivity index (χ3v) is 5.51. The first kappa shape index (κ1) is 24.4. The minimum Gasteiger partial charge on any atom is -0.488 e. The van der Waals surface area contributed by atoms with Crippen molar-refractivity contribution < 1.29 is 27.8 Å². The van der Waals surface area contributed by atoms with Crippen LogP contribution < -0.4 is 10.5 Å². The highest BCUT2D eigenvalue weighted by molar-refractivity contribution is 5.93. The van der Waals surface area contributed by atoms with E-state index in [9.17, 15) is 4.79 Å². The van der Waals surface area contributed by atoms with E-state index < -0.39 is 11.8 Å². The van der Waals surface area contributed by atoms with Crippen molar-refractivity contribution in [2.45, 2.75) is 32.6 Å². The number of methoxy groups -OCH3 is 1. The number of pyridine rings is 1. The van der Waals surface area contributed by atoms with Crippen LogP contribution >= 0.6 is 0 Å². The lowest BCUT2D eigenvalue weighted by Crippen LogP contribution is -2.21. The highest BCUT2D eigenvalue weighted by Gasteiger charge is 2.18. The van der Waals surface area contributed by atoms with E-state index in [-0.39, 0.29) is 25.7 Å². The molecule has 0 aliphatic rings. The van der Waals surface area contributed by atoms with Crippen LogP contribution in [-0.2, 0) is 33.8 Å². The molecule has 0 fully saturated rings. The van der Waals surface area contributed by atoms with Crippen LogP contribution in [0, 0.1) is 5.82 Å². The van der Waals surface area contributed by atoms with Crippen LogP contribution in [-0.4, -0.2) is 30.8 Å². The van der Waals surface area contributed by atoms with E-state index in [1.165, 1.54) is 6.26 Å². The number of aromatic nitrogens is 1. The van der Waals surface area contributed by atoms with Crippen LogP contribution in [0.1, 0.15) is 23.7 Å². The van der Waals surface area contributed by atoms with Crippen molar-refractivity contribution in [2.75, 3.05) is 13.7 Å². The van der Waals surface area contributed by atoms with Crippen LogP contribution in [0.4, 0.5) is 4.39 Å². The maximum absolute atomic E-state index is 15.3. The normalized spacial score (nSPS) is 12.0. The number of fused-ring (bicyclic) bond motifs is 1. The summed E-state index contributed by atoms with van der Waals surface area (Å²) in [6.45, 7) is 2.32. The van der Waals surface area contributed by atoms with Gasteiger partial charge in [-0.05, 0) is 42.8 Å². The maximum Gasteiger partial charge on any atom is 0.310 e. The van der Waals surface area contributed by atoms with E-state index in [1.54, 1.807) is 50.6 Å². The standard InChI is InChI=1S/C27H27FN2O5/c1-17(15-32-2)35-25(31)13-19-5-3-4-6-24(19)34-16-20-12-23(18-7-9-30-21(11-18)14-29)27-22(26(20)28)8-10-33-27/h3-12,17H,13-16,29H2,1-2H3. The van der Waals surface area contributed by atoms with Gasteiger partial charge in [0.1, 0.15) is 29.9 Å². The number of para-hydroxylation sites is 1. The summed E-state index contributed by atoms with van der Waals surface area (Å²) < 4.78 is 37.2. The average Bonchev–Trinajstić information content (AvgIpc) is 3.35. The largest absolute Gasteiger partial charge is 0.488 e. The van der Waals surface area contributed by atoms with Crippen LogP contribution in [0.15, 0.2) is 65.4 Å². The van der Waals surface area contributed by atoms with Crippen LogP contribution in [0.5, 0.6) is 5.75 Å². The topological polar surface area (TPSA) is 96.8 Å². The fraction of sp³-hybridized carbons (Fsp3) is 0.259. The zero-order chi connectivity index (χ0) is 24.8. The van der Waals surface area contributed by atoms with E-state index in [0.717, 1.165) is 5.56 Å². The molecule has 35 heavy (non-hydrogen) atoms. The van der Waals surface area contributed by atoms with Gasteiger partial charge in [0.15, 0.2) is 0 Å². The molecule has 0 radical (unpaired) electrons. The molecule has 2 aromatic heterocycles. The predicted molar refractivity (Wildman–Crippen MR) is 129 cm³/mol. The zero-order valence-corrected chi connectivity index (χ0v) is 19.6. The van der Waals surface area contributed by atoms with Gasteiger partial charge in [-0.2, -0.15) is 0 Å². The number of esters is 1. The number of furan rings is 1. The molecule has 0 aliphatic heterocycles. The first-order valence-corrected chi connectivity index (χ1v) is 11.2. The van der Waals surface area contributed by atoms with Gasteiger partial charge in [-0.25, -0.2) is 4.39 Å². The fourth-order valence-electron chi connectivity index (χ4n) is 3.88. The first-order valence-electron chi connectivity index (χ1n) is 11.2. The Balaban J connectivity index is 1.59. The molecular weight excluding hydrogens is 451 g/mol. The highest BCUT2D eigenvalue weighted by Crippen LogP contribution is 2.34. The Morgan fingerprint density at radius 3 is 2.80 bits per heavy atom. The number of ether oxygens (including phenoxy) is 3. The van der Waals surface area contributed by atoms with Gasteiger partial charge in [-0.3, -0.25) is 9.78 Å². The third-order valence-electron chi connectivity index (χ3n) is 5.51. The number of nitrogens with two attached hydrogens (primary N) is 1. The van der Waals surface area contributed by atoms with E-state index in [1.807, 2.05) is 18.2 Å². The van der Waals surface area contributed by atoms with E-state index >= 15 is 4.39 Å². The van der Waals surface area contributed by atoms with Crippen molar-refractivity contribution in [3.63, 3.8) is 0 Å². The summed E-state index contributed by atoms with van der Waals surface area (Å²) >= 11 is 0. The van der Waals surface area contributed by atoms with Crippen LogP contribution in [0.3, 0.4) is 0 Å². The number of carbonyl (C=O) groups excluding carboxylic acids is 1.